The molecule has 2 aliphatic heterocycles. The maximum atomic E-state index is 14.7. The van der Waals surface area contributed by atoms with E-state index in [1.165, 1.54) is 6.07 Å². The van der Waals surface area contributed by atoms with Crippen LogP contribution >= 0.6 is 27.5 Å². The SMILES string of the molecule is Fc1cccc(Cl)c1[C@@H]1Oc2ccc(Br)cc2[C@@H]2CC(c3ccccc3)=NN21. The number of halogens is 3. The van der Waals surface area contributed by atoms with Crippen LogP contribution in [-0.2, 0) is 0 Å². The first-order chi connectivity index (χ1) is 13.6. The predicted molar refractivity (Wildman–Crippen MR) is 111 cm³/mol. The first-order valence-corrected chi connectivity index (χ1v) is 10.1. The third-order valence-corrected chi connectivity index (χ3v) is 5.93. The predicted octanol–water partition coefficient (Wildman–Crippen LogP) is 6.48. The van der Waals surface area contributed by atoms with Crippen molar-refractivity contribution in [3.05, 3.63) is 98.7 Å². The molecule has 0 bridgehead atoms. The second-order valence-electron chi connectivity index (χ2n) is 6.80. The topological polar surface area (TPSA) is 24.8 Å². The quantitative estimate of drug-likeness (QED) is 0.440. The molecule has 28 heavy (non-hydrogen) atoms. The molecule has 3 aromatic carbocycles. The van der Waals surface area contributed by atoms with Gasteiger partial charge in [0.15, 0.2) is 0 Å². The van der Waals surface area contributed by atoms with Gasteiger partial charge in [-0.2, -0.15) is 5.10 Å². The summed E-state index contributed by atoms with van der Waals surface area (Å²) in [5.74, 6) is 0.318. The lowest BCUT2D eigenvalue weighted by molar-refractivity contribution is -0.0211. The van der Waals surface area contributed by atoms with Gasteiger partial charge in [0.05, 0.1) is 22.3 Å². The van der Waals surface area contributed by atoms with E-state index in [1.807, 2.05) is 53.5 Å². The molecule has 3 aromatic rings. The highest BCUT2D eigenvalue weighted by atomic mass is 79.9. The Bertz CT molecular complexity index is 1070. The van der Waals surface area contributed by atoms with Crippen LogP contribution in [0.25, 0.3) is 0 Å². The van der Waals surface area contributed by atoms with Crippen LogP contribution in [-0.4, -0.2) is 10.7 Å². The Morgan fingerprint density at radius 3 is 2.68 bits per heavy atom. The van der Waals surface area contributed by atoms with Gasteiger partial charge in [0.2, 0.25) is 6.23 Å². The molecule has 2 heterocycles. The van der Waals surface area contributed by atoms with Crippen molar-refractivity contribution in [3.63, 3.8) is 0 Å². The summed E-state index contributed by atoms with van der Waals surface area (Å²) in [5.41, 5.74) is 3.32. The van der Waals surface area contributed by atoms with Crippen LogP contribution in [0.2, 0.25) is 5.02 Å². The summed E-state index contributed by atoms with van der Waals surface area (Å²) in [6.07, 6.45) is -0.0204. The molecule has 2 aliphatic rings. The van der Waals surface area contributed by atoms with Gasteiger partial charge in [-0.15, -0.1) is 0 Å². The van der Waals surface area contributed by atoms with Crippen molar-refractivity contribution < 1.29 is 9.13 Å². The van der Waals surface area contributed by atoms with E-state index in [1.54, 1.807) is 12.1 Å². The van der Waals surface area contributed by atoms with Gasteiger partial charge in [-0.3, -0.25) is 0 Å². The zero-order valence-electron chi connectivity index (χ0n) is 14.6. The normalized spacial score (nSPS) is 20.2. The first kappa shape index (κ1) is 17.7. The summed E-state index contributed by atoms with van der Waals surface area (Å²) in [6, 6.07) is 20.5. The number of ether oxygens (including phenoxy) is 1. The molecule has 5 rings (SSSR count). The van der Waals surface area contributed by atoms with Crippen LogP contribution in [0.3, 0.4) is 0 Å². The van der Waals surface area contributed by atoms with Crippen LogP contribution in [0.1, 0.15) is 35.4 Å². The summed E-state index contributed by atoms with van der Waals surface area (Å²) in [6.45, 7) is 0. The minimum atomic E-state index is -0.728. The van der Waals surface area contributed by atoms with Gasteiger partial charge in [-0.05, 0) is 35.9 Å². The summed E-state index contributed by atoms with van der Waals surface area (Å²) in [4.78, 5) is 0. The van der Waals surface area contributed by atoms with E-state index in [-0.39, 0.29) is 6.04 Å². The van der Waals surface area contributed by atoms with Gasteiger partial charge in [0.25, 0.3) is 0 Å². The largest absolute Gasteiger partial charge is 0.464 e. The van der Waals surface area contributed by atoms with Crippen molar-refractivity contribution in [2.75, 3.05) is 0 Å². The van der Waals surface area contributed by atoms with Crippen molar-refractivity contribution in [2.24, 2.45) is 5.10 Å². The maximum Gasteiger partial charge on any atom is 0.218 e. The third-order valence-electron chi connectivity index (χ3n) is 5.11. The lowest BCUT2D eigenvalue weighted by Gasteiger charge is -2.38. The Kier molecular flexibility index (Phi) is 4.37. The van der Waals surface area contributed by atoms with Gasteiger partial charge in [0.1, 0.15) is 11.6 Å². The summed E-state index contributed by atoms with van der Waals surface area (Å²) >= 11 is 9.89. The Hall–Kier alpha value is -2.37. The van der Waals surface area contributed by atoms with E-state index in [4.69, 9.17) is 21.4 Å². The lowest BCUT2D eigenvalue weighted by Crippen LogP contribution is -2.34. The molecule has 2 atom stereocenters. The Labute approximate surface area is 175 Å². The van der Waals surface area contributed by atoms with Gasteiger partial charge >= 0.3 is 0 Å². The minimum Gasteiger partial charge on any atom is -0.464 e. The highest BCUT2D eigenvalue weighted by molar-refractivity contribution is 9.10. The lowest BCUT2D eigenvalue weighted by atomic mass is 9.96. The highest BCUT2D eigenvalue weighted by Crippen LogP contribution is 2.49. The molecule has 0 radical (unpaired) electrons. The highest BCUT2D eigenvalue weighted by Gasteiger charge is 2.42. The van der Waals surface area contributed by atoms with Gasteiger partial charge in [-0.1, -0.05) is 63.9 Å². The second kappa shape index (κ2) is 6.90. The standard InChI is InChI=1S/C22H15BrClFN2O/c23-14-9-10-20-15(11-14)19-12-18(13-5-2-1-3-6-13)26-27(19)22(28-20)21-16(24)7-4-8-17(21)25/h1-11,19,22H,12H2/t19-,22-/m0/s1. The fourth-order valence-corrected chi connectivity index (χ4v) is 4.44. The van der Waals surface area contributed by atoms with Crippen LogP contribution in [0.5, 0.6) is 5.75 Å². The fraction of sp³-hybridized carbons (Fsp3) is 0.136. The van der Waals surface area contributed by atoms with Crippen molar-refractivity contribution >= 4 is 33.2 Å². The maximum absolute atomic E-state index is 14.7. The molecule has 3 nitrogen and oxygen atoms in total. The van der Waals surface area contributed by atoms with Crippen LogP contribution in [0.4, 0.5) is 4.39 Å². The molecule has 0 aromatic heterocycles. The molecule has 0 N–H and O–H groups in total. The number of rotatable bonds is 2. The fourth-order valence-electron chi connectivity index (χ4n) is 3.80. The molecule has 0 unspecified atom stereocenters. The molecule has 0 amide bonds. The zero-order chi connectivity index (χ0) is 19.3. The molecule has 6 heteroatoms. The smallest absolute Gasteiger partial charge is 0.218 e. The number of nitrogens with zero attached hydrogens (tertiary/aromatic N) is 2. The van der Waals surface area contributed by atoms with Crippen molar-refractivity contribution in [1.29, 1.82) is 0 Å². The van der Waals surface area contributed by atoms with E-state index < -0.39 is 12.0 Å². The van der Waals surface area contributed by atoms with Crippen LogP contribution < -0.4 is 4.74 Å². The summed E-state index contributed by atoms with van der Waals surface area (Å²) < 4.78 is 21.9. The van der Waals surface area contributed by atoms with Crippen LogP contribution in [0, 0.1) is 5.82 Å². The number of fused-ring (bicyclic) bond motifs is 3. The van der Waals surface area contributed by atoms with Gasteiger partial charge < -0.3 is 4.74 Å². The van der Waals surface area contributed by atoms with Crippen molar-refractivity contribution in [3.8, 4) is 5.75 Å². The molecular formula is C22H15BrClFN2O. The van der Waals surface area contributed by atoms with Gasteiger partial charge in [-0.25, -0.2) is 9.40 Å². The number of hydrazone groups is 1. The first-order valence-electron chi connectivity index (χ1n) is 8.93. The Morgan fingerprint density at radius 1 is 1.07 bits per heavy atom. The van der Waals surface area contributed by atoms with E-state index >= 15 is 0 Å². The molecule has 0 saturated carbocycles. The Balaban J connectivity index is 1.66. The number of benzene rings is 3. The summed E-state index contributed by atoms with van der Waals surface area (Å²) in [5, 5.41) is 6.99. The zero-order valence-corrected chi connectivity index (χ0v) is 17.0. The van der Waals surface area contributed by atoms with E-state index in [2.05, 4.69) is 15.9 Å². The average Bonchev–Trinajstić information content (AvgIpc) is 3.15. The Morgan fingerprint density at radius 2 is 1.89 bits per heavy atom. The van der Waals surface area contributed by atoms with E-state index in [0.717, 1.165) is 27.1 Å². The third kappa shape index (κ3) is 2.90. The number of hydrogen-bond acceptors (Lipinski definition) is 3. The molecule has 0 aliphatic carbocycles. The van der Waals surface area contributed by atoms with Gasteiger partial charge in [0, 0.05) is 16.5 Å². The van der Waals surface area contributed by atoms with Crippen molar-refractivity contribution in [2.45, 2.75) is 18.7 Å². The molecular weight excluding hydrogens is 443 g/mol. The van der Waals surface area contributed by atoms with E-state index in [9.17, 15) is 4.39 Å². The molecule has 0 saturated heterocycles. The molecule has 0 spiro atoms. The minimum absolute atomic E-state index is 0.0582. The molecule has 0 fully saturated rings. The molecule has 140 valence electrons. The van der Waals surface area contributed by atoms with Crippen LogP contribution in [0.15, 0.2) is 76.3 Å². The second-order valence-corrected chi connectivity index (χ2v) is 8.12. The average molecular weight is 458 g/mol. The monoisotopic (exact) mass is 456 g/mol. The van der Waals surface area contributed by atoms with Crippen molar-refractivity contribution in [1.82, 2.24) is 5.01 Å². The van der Waals surface area contributed by atoms with E-state index in [0.29, 0.717) is 17.0 Å². The number of hydrogen-bond donors (Lipinski definition) is 0. The summed E-state index contributed by atoms with van der Waals surface area (Å²) in [7, 11) is 0.